The minimum Gasteiger partial charge on any atom is -0.481 e. The molecule has 1 aromatic carbocycles. The van der Waals surface area contributed by atoms with Crippen molar-refractivity contribution < 1.29 is 29.4 Å². The minimum absolute atomic E-state index is 0.0680. The number of carboxylic acids is 2. The van der Waals surface area contributed by atoms with Gasteiger partial charge in [-0.1, -0.05) is 32.0 Å². The number of carbonyl (C=O) groups is 4. The summed E-state index contributed by atoms with van der Waals surface area (Å²) in [7, 11) is 0. The first kappa shape index (κ1) is 19.3. The van der Waals surface area contributed by atoms with E-state index in [4.69, 9.17) is 10.8 Å². The lowest BCUT2D eigenvalue weighted by molar-refractivity contribution is -0.153. The van der Waals surface area contributed by atoms with Gasteiger partial charge in [0.05, 0.1) is 12.5 Å². The zero-order valence-electron chi connectivity index (χ0n) is 13.4. The second kappa shape index (κ2) is 8.21. The maximum Gasteiger partial charge on any atom is 0.327 e. The molecule has 0 saturated heterocycles. The molecule has 1 aromatic rings. The van der Waals surface area contributed by atoms with Gasteiger partial charge in [-0.2, -0.15) is 0 Å². The summed E-state index contributed by atoms with van der Waals surface area (Å²) in [4.78, 5) is 48.0. The monoisotopic (exact) mass is 336 g/mol. The summed E-state index contributed by atoms with van der Waals surface area (Å²) in [6.45, 7) is 3.28. The number of imide groups is 1. The molecule has 0 spiro atoms. The molecule has 0 aliphatic rings. The molecule has 2 atom stereocenters. The Hall–Kier alpha value is -2.74. The van der Waals surface area contributed by atoms with Gasteiger partial charge in [-0.05, 0) is 18.1 Å². The number of benzene rings is 1. The Morgan fingerprint density at radius 3 is 2.04 bits per heavy atom. The Balaban J connectivity index is 3.34. The molecule has 0 fully saturated rings. The average Bonchev–Trinajstić information content (AvgIpc) is 2.53. The van der Waals surface area contributed by atoms with Crippen LogP contribution in [0.4, 0.5) is 0 Å². The van der Waals surface area contributed by atoms with Crippen LogP contribution in [0, 0.1) is 5.92 Å². The fourth-order valence-electron chi connectivity index (χ4n) is 2.02. The lowest BCUT2D eigenvalue weighted by atomic mass is 10.0. The summed E-state index contributed by atoms with van der Waals surface area (Å²) in [5, 5.41) is 18.2. The van der Waals surface area contributed by atoms with Gasteiger partial charge in [0.25, 0.3) is 5.91 Å². The van der Waals surface area contributed by atoms with Crippen molar-refractivity contribution in [3.8, 4) is 0 Å². The van der Waals surface area contributed by atoms with Gasteiger partial charge in [0.2, 0.25) is 5.91 Å². The second-order valence-corrected chi connectivity index (χ2v) is 5.60. The number of nitrogens with two attached hydrogens (primary N) is 1. The second-order valence-electron chi connectivity index (χ2n) is 5.60. The van der Waals surface area contributed by atoms with E-state index in [-0.39, 0.29) is 11.5 Å². The van der Waals surface area contributed by atoms with Crippen LogP contribution in [0.25, 0.3) is 0 Å². The average molecular weight is 336 g/mol. The highest BCUT2D eigenvalue weighted by Gasteiger charge is 2.39. The largest absolute Gasteiger partial charge is 0.481 e. The van der Waals surface area contributed by atoms with E-state index in [1.165, 1.54) is 12.1 Å². The predicted octanol–water partition coefficient (Wildman–Crippen LogP) is 0.567. The molecule has 0 saturated carbocycles. The van der Waals surface area contributed by atoms with E-state index < -0.39 is 42.3 Å². The number of nitrogens with zero attached hydrogens (tertiary/aromatic N) is 1. The Morgan fingerprint density at radius 1 is 1.08 bits per heavy atom. The Bertz CT molecular complexity index is 629. The molecule has 0 aliphatic heterocycles. The molecule has 2 unspecified atom stereocenters. The lowest BCUT2D eigenvalue weighted by Crippen LogP contribution is -2.56. The molecule has 0 radical (unpaired) electrons. The van der Waals surface area contributed by atoms with E-state index in [0.29, 0.717) is 4.90 Å². The number of rotatable bonds is 7. The fraction of sp³-hybridized carbons (Fsp3) is 0.375. The van der Waals surface area contributed by atoms with Crippen molar-refractivity contribution >= 4 is 23.8 Å². The normalized spacial score (nSPS) is 13.2. The Kier molecular flexibility index (Phi) is 6.60. The molecule has 0 aromatic heterocycles. The SMILES string of the molecule is CC(C)C(N)C(=O)N(C(=O)c1ccccc1)C(CC(=O)O)C(=O)O. The molecular formula is C16H20N2O6. The van der Waals surface area contributed by atoms with E-state index >= 15 is 0 Å². The van der Waals surface area contributed by atoms with Crippen LogP contribution in [-0.2, 0) is 14.4 Å². The van der Waals surface area contributed by atoms with Crippen LogP contribution in [-0.4, -0.2) is 50.9 Å². The van der Waals surface area contributed by atoms with Crippen molar-refractivity contribution in [1.82, 2.24) is 4.90 Å². The van der Waals surface area contributed by atoms with Crippen molar-refractivity contribution in [2.24, 2.45) is 11.7 Å². The van der Waals surface area contributed by atoms with Crippen molar-refractivity contribution in [3.05, 3.63) is 35.9 Å². The third-order valence-corrected chi connectivity index (χ3v) is 3.45. The van der Waals surface area contributed by atoms with Crippen molar-refractivity contribution in [2.45, 2.75) is 32.4 Å². The highest BCUT2D eigenvalue weighted by atomic mass is 16.4. The molecule has 0 bridgehead atoms. The van der Waals surface area contributed by atoms with Crippen molar-refractivity contribution in [2.75, 3.05) is 0 Å². The van der Waals surface area contributed by atoms with Crippen molar-refractivity contribution in [1.29, 1.82) is 0 Å². The van der Waals surface area contributed by atoms with Gasteiger partial charge in [0.15, 0.2) is 0 Å². The summed E-state index contributed by atoms with van der Waals surface area (Å²) in [5.74, 6) is -5.22. The Morgan fingerprint density at radius 2 is 1.62 bits per heavy atom. The van der Waals surface area contributed by atoms with E-state index in [0.717, 1.165) is 0 Å². The van der Waals surface area contributed by atoms with Crippen LogP contribution in [0.1, 0.15) is 30.6 Å². The number of carbonyl (C=O) groups excluding carboxylic acids is 2. The fourth-order valence-corrected chi connectivity index (χ4v) is 2.02. The summed E-state index contributed by atoms with van der Waals surface area (Å²) in [6.07, 6.45) is -0.912. The number of aliphatic carboxylic acids is 2. The van der Waals surface area contributed by atoms with Gasteiger partial charge in [-0.25, -0.2) is 4.79 Å². The summed E-state index contributed by atoms with van der Waals surface area (Å²) in [6, 6.07) is 4.58. The van der Waals surface area contributed by atoms with Gasteiger partial charge in [0.1, 0.15) is 6.04 Å². The van der Waals surface area contributed by atoms with Crippen LogP contribution in [0.15, 0.2) is 30.3 Å². The molecule has 130 valence electrons. The minimum atomic E-state index is -1.84. The van der Waals surface area contributed by atoms with Gasteiger partial charge in [0, 0.05) is 5.56 Å². The van der Waals surface area contributed by atoms with Crippen LogP contribution in [0.5, 0.6) is 0 Å². The molecule has 8 nitrogen and oxygen atoms in total. The predicted molar refractivity (Wildman–Crippen MR) is 84.1 cm³/mol. The van der Waals surface area contributed by atoms with E-state index in [2.05, 4.69) is 0 Å². The van der Waals surface area contributed by atoms with Gasteiger partial charge < -0.3 is 15.9 Å². The smallest absolute Gasteiger partial charge is 0.327 e. The molecule has 24 heavy (non-hydrogen) atoms. The highest BCUT2D eigenvalue weighted by molar-refractivity contribution is 6.08. The molecule has 0 heterocycles. The molecule has 8 heteroatoms. The van der Waals surface area contributed by atoms with Gasteiger partial charge in [-0.15, -0.1) is 0 Å². The topological polar surface area (TPSA) is 138 Å². The first-order valence-electron chi connectivity index (χ1n) is 7.29. The summed E-state index contributed by atoms with van der Waals surface area (Å²) < 4.78 is 0. The third kappa shape index (κ3) is 4.63. The maximum atomic E-state index is 12.6. The van der Waals surface area contributed by atoms with Crippen LogP contribution in [0.3, 0.4) is 0 Å². The van der Waals surface area contributed by atoms with Gasteiger partial charge in [-0.3, -0.25) is 19.3 Å². The standard InChI is InChI=1S/C16H20N2O6/c1-9(2)13(17)15(22)18(11(16(23)24)8-12(19)20)14(21)10-6-4-3-5-7-10/h3-7,9,11,13H,8,17H2,1-2H3,(H,19,20)(H,23,24). The highest BCUT2D eigenvalue weighted by Crippen LogP contribution is 2.15. The summed E-state index contributed by atoms with van der Waals surface area (Å²) in [5.41, 5.74) is 5.83. The van der Waals surface area contributed by atoms with Crippen LogP contribution < -0.4 is 5.73 Å². The first-order valence-corrected chi connectivity index (χ1v) is 7.29. The molecule has 2 amide bonds. The Labute approximate surface area is 138 Å². The number of amides is 2. The zero-order chi connectivity index (χ0) is 18.4. The first-order chi connectivity index (χ1) is 11.2. The maximum absolute atomic E-state index is 12.6. The number of hydrogen-bond acceptors (Lipinski definition) is 5. The molecule has 0 aliphatic carbocycles. The zero-order valence-corrected chi connectivity index (χ0v) is 13.4. The van der Waals surface area contributed by atoms with E-state index in [9.17, 15) is 24.3 Å². The van der Waals surface area contributed by atoms with E-state index in [1.54, 1.807) is 32.0 Å². The molecule has 1 rings (SSSR count). The quantitative estimate of drug-likeness (QED) is 0.661. The third-order valence-electron chi connectivity index (χ3n) is 3.45. The molecule has 4 N–H and O–H groups in total. The van der Waals surface area contributed by atoms with Crippen LogP contribution in [0.2, 0.25) is 0 Å². The number of carboxylic acid groups (broad SMARTS) is 2. The summed E-state index contributed by atoms with van der Waals surface area (Å²) >= 11 is 0. The lowest BCUT2D eigenvalue weighted by Gasteiger charge is -2.29. The van der Waals surface area contributed by atoms with Gasteiger partial charge >= 0.3 is 11.9 Å². The van der Waals surface area contributed by atoms with Crippen molar-refractivity contribution in [3.63, 3.8) is 0 Å². The molecular weight excluding hydrogens is 316 g/mol. The van der Waals surface area contributed by atoms with E-state index in [1.807, 2.05) is 0 Å². The van der Waals surface area contributed by atoms with Crippen LogP contribution >= 0.6 is 0 Å². The number of hydrogen-bond donors (Lipinski definition) is 3.